The normalized spacial score (nSPS) is 20.5. The van der Waals surface area contributed by atoms with E-state index in [1.54, 1.807) is 0 Å². The highest BCUT2D eigenvalue weighted by Gasteiger charge is 2.17. The number of hydrogen-bond donors (Lipinski definition) is 1. The summed E-state index contributed by atoms with van der Waals surface area (Å²) in [5, 5.41) is 3.76. The molecule has 0 bridgehead atoms. The van der Waals surface area contributed by atoms with E-state index in [0.29, 0.717) is 6.04 Å². The number of rotatable bonds is 4. The number of halogens is 1. The van der Waals surface area contributed by atoms with E-state index in [4.69, 9.17) is 0 Å². The van der Waals surface area contributed by atoms with Crippen LogP contribution in [0.4, 0.5) is 11.4 Å². The van der Waals surface area contributed by atoms with E-state index in [1.165, 1.54) is 50.3 Å². The molecule has 1 fully saturated rings. The summed E-state index contributed by atoms with van der Waals surface area (Å²) in [7, 11) is 4.20. The van der Waals surface area contributed by atoms with Crippen molar-refractivity contribution in [3.05, 3.63) is 22.7 Å². The van der Waals surface area contributed by atoms with Crippen LogP contribution in [0.3, 0.4) is 0 Å². The van der Waals surface area contributed by atoms with E-state index in [1.807, 2.05) is 0 Å². The van der Waals surface area contributed by atoms with Crippen molar-refractivity contribution in [1.82, 2.24) is 4.90 Å². The summed E-state index contributed by atoms with van der Waals surface area (Å²) >= 11 is 3.58. The molecule has 1 atom stereocenters. The first-order chi connectivity index (χ1) is 9.60. The van der Waals surface area contributed by atoms with Crippen LogP contribution >= 0.6 is 15.9 Å². The van der Waals surface area contributed by atoms with Gasteiger partial charge < -0.3 is 15.1 Å². The summed E-state index contributed by atoms with van der Waals surface area (Å²) in [5.41, 5.74) is 2.49. The van der Waals surface area contributed by atoms with E-state index in [2.05, 4.69) is 70.3 Å². The lowest BCUT2D eigenvalue weighted by molar-refractivity contribution is 0.300. The molecule has 0 saturated carbocycles. The van der Waals surface area contributed by atoms with Gasteiger partial charge in [0.05, 0.1) is 11.4 Å². The average molecular weight is 340 g/mol. The predicted octanol–water partition coefficient (Wildman–Crippen LogP) is 3.80. The van der Waals surface area contributed by atoms with Gasteiger partial charge in [-0.05, 0) is 50.6 Å². The molecule has 0 aromatic heterocycles. The Kier molecular flexibility index (Phi) is 5.73. The minimum absolute atomic E-state index is 0.583. The van der Waals surface area contributed by atoms with Crippen LogP contribution in [-0.4, -0.2) is 44.7 Å². The number of likely N-dealkylation sites (tertiary alicyclic amines) is 1. The van der Waals surface area contributed by atoms with Gasteiger partial charge in [-0.1, -0.05) is 22.9 Å². The Labute approximate surface area is 131 Å². The van der Waals surface area contributed by atoms with Crippen LogP contribution in [0.25, 0.3) is 0 Å². The van der Waals surface area contributed by atoms with Crippen molar-refractivity contribution in [1.29, 1.82) is 0 Å². The molecule has 1 aliphatic heterocycles. The first-order valence-electron chi connectivity index (χ1n) is 7.56. The molecular weight excluding hydrogens is 314 g/mol. The van der Waals surface area contributed by atoms with Crippen molar-refractivity contribution < 1.29 is 0 Å². The molecule has 1 saturated heterocycles. The molecule has 20 heavy (non-hydrogen) atoms. The summed E-state index contributed by atoms with van der Waals surface area (Å²) < 4.78 is 1.13. The first-order valence-corrected chi connectivity index (χ1v) is 8.35. The van der Waals surface area contributed by atoms with Crippen LogP contribution in [0.5, 0.6) is 0 Å². The summed E-state index contributed by atoms with van der Waals surface area (Å²) in [6.45, 7) is 5.88. The number of anilines is 2. The van der Waals surface area contributed by atoms with Crippen LogP contribution in [0.1, 0.15) is 26.2 Å². The van der Waals surface area contributed by atoms with Crippen LogP contribution in [0, 0.1) is 0 Å². The Morgan fingerprint density at radius 3 is 2.80 bits per heavy atom. The highest BCUT2D eigenvalue weighted by molar-refractivity contribution is 9.10. The first kappa shape index (κ1) is 15.6. The molecule has 0 aliphatic carbocycles. The van der Waals surface area contributed by atoms with E-state index in [-0.39, 0.29) is 0 Å². The Balaban J connectivity index is 2.07. The molecule has 0 amide bonds. The molecule has 1 heterocycles. The fraction of sp³-hybridized carbons (Fsp3) is 0.625. The predicted molar refractivity (Wildman–Crippen MR) is 91.8 cm³/mol. The second-order valence-corrected chi connectivity index (χ2v) is 6.68. The molecule has 1 N–H and O–H groups in total. The van der Waals surface area contributed by atoms with Gasteiger partial charge in [0, 0.05) is 31.2 Å². The number of hydrogen-bond acceptors (Lipinski definition) is 3. The lowest BCUT2D eigenvalue weighted by Gasteiger charge is -2.24. The standard InChI is InChI=1S/C16H26BrN3/c1-4-20-10-5-6-14(9-11-20)18-15-12-13(17)7-8-16(15)19(2)3/h7-8,12,14,18H,4-6,9-11H2,1-3H3. The lowest BCUT2D eigenvalue weighted by atomic mass is 10.1. The monoisotopic (exact) mass is 339 g/mol. The third kappa shape index (κ3) is 4.13. The van der Waals surface area contributed by atoms with Crippen molar-refractivity contribution >= 4 is 27.3 Å². The quantitative estimate of drug-likeness (QED) is 0.899. The molecular formula is C16H26BrN3. The number of benzene rings is 1. The fourth-order valence-corrected chi connectivity index (χ4v) is 3.21. The molecule has 1 aromatic rings. The molecule has 3 nitrogen and oxygen atoms in total. The zero-order valence-corrected chi connectivity index (χ0v) is 14.4. The average Bonchev–Trinajstić information content (AvgIpc) is 2.63. The smallest absolute Gasteiger partial charge is 0.0597 e. The molecule has 1 aliphatic rings. The third-order valence-electron chi connectivity index (χ3n) is 4.07. The Hall–Kier alpha value is -0.740. The SMILES string of the molecule is CCN1CCCC(Nc2cc(Br)ccc2N(C)C)CC1. The number of nitrogens with zero attached hydrogens (tertiary/aromatic N) is 2. The van der Waals surface area contributed by atoms with Gasteiger partial charge in [-0.15, -0.1) is 0 Å². The van der Waals surface area contributed by atoms with Crippen LogP contribution < -0.4 is 10.2 Å². The summed E-state index contributed by atoms with van der Waals surface area (Å²) in [4.78, 5) is 4.72. The van der Waals surface area contributed by atoms with Gasteiger partial charge in [0.25, 0.3) is 0 Å². The second-order valence-electron chi connectivity index (χ2n) is 5.76. The molecule has 4 heteroatoms. The van der Waals surface area contributed by atoms with Crippen LogP contribution in [0.15, 0.2) is 22.7 Å². The third-order valence-corrected chi connectivity index (χ3v) is 4.56. The molecule has 0 spiro atoms. The topological polar surface area (TPSA) is 18.5 Å². The van der Waals surface area contributed by atoms with Crippen molar-refractivity contribution in [2.24, 2.45) is 0 Å². The fourth-order valence-electron chi connectivity index (χ4n) is 2.85. The lowest BCUT2D eigenvalue weighted by Crippen LogP contribution is -2.26. The van der Waals surface area contributed by atoms with Gasteiger partial charge in [-0.3, -0.25) is 0 Å². The Bertz CT molecular complexity index is 434. The maximum absolute atomic E-state index is 3.76. The van der Waals surface area contributed by atoms with Gasteiger partial charge in [0.1, 0.15) is 0 Å². The summed E-state index contributed by atoms with van der Waals surface area (Å²) in [5.74, 6) is 0. The van der Waals surface area contributed by atoms with E-state index in [0.717, 1.165) is 4.47 Å². The Morgan fingerprint density at radius 2 is 2.10 bits per heavy atom. The largest absolute Gasteiger partial charge is 0.381 e. The Morgan fingerprint density at radius 1 is 1.30 bits per heavy atom. The van der Waals surface area contributed by atoms with E-state index >= 15 is 0 Å². The van der Waals surface area contributed by atoms with Gasteiger partial charge in [-0.2, -0.15) is 0 Å². The summed E-state index contributed by atoms with van der Waals surface area (Å²) in [6, 6.07) is 7.05. The highest BCUT2D eigenvalue weighted by atomic mass is 79.9. The molecule has 2 rings (SSSR count). The van der Waals surface area contributed by atoms with Crippen molar-refractivity contribution in [3.63, 3.8) is 0 Å². The van der Waals surface area contributed by atoms with Crippen molar-refractivity contribution in [3.8, 4) is 0 Å². The van der Waals surface area contributed by atoms with Crippen LogP contribution in [-0.2, 0) is 0 Å². The van der Waals surface area contributed by atoms with Crippen molar-refractivity contribution in [2.75, 3.05) is 43.9 Å². The van der Waals surface area contributed by atoms with Gasteiger partial charge in [-0.25, -0.2) is 0 Å². The zero-order chi connectivity index (χ0) is 14.5. The minimum atomic E-state index is 0.583. The highest BCUT2D eigenvalue weighted by Crippen LogP contribution is 2.30. The minimum Gasteiger partial charge on any atom is -0.381 e. The van der Waals surface area contributed by atoms with Gasteiger partial charge >= 0.3 is 0 Å². The van der Waals surface area contributed by atoms with Crippen molar-refractivity contribution in [2.45, 2.75) is 32.2 Å². The molecule has 1 aromatic carbocycles. The summed E-state index contributed by atoms with van der Waals surface area (Å²) in [6.07, 6.45) is 3.78. The van der Waals surface area contributed by atoms with E-state index < -0.39 is 0 Å². The van der Waals surface area contributed by atoms with Crippen LogP contribution in [0.2, 0.25) is 0 Å². The molecule has 0 radical (unpaired) electrons. The molecule has 1 unspecified atom stereocenters. The number of nitrogens with one attached hydrogen (secondary N) is 1. The maximum Gasteiger partial charge on any atom is 0.0597 e. The van der Waals surface area contributed by atoms with Gasteiger partial charge in [0.15, 0.2) is 0 Å². The molecule has 112 valence electrons. The van der Waals surface area contributed by atoms with Gasteiger partial charge in [0.2, 0.25) is 0 Å². The second kappa shape index (κ2) is 7.32. The maximum atomic E-state index is 3.76. The van der Waals surface area contributed by atoms with E-state index in [9.17, 15) is 0 Å². The zero-order valence-electron chi connectivity index (χ0n) is 12.8.